The Morgan fingerprint density at radius 3 is 2.83 bits per heavy atom. The molecule has 0 spiro atoms. The standard InChI is InChI=1S/C13H12N4O6/c1-16-12(13(19)22-2)9(7-14-16)15-10(18)5-3-8-4-6-11(23-8)17(20)21/h3-7H,1-2H3,(H,15,18)/b5-3+. The molecule has 2 aromatic rings. The van der Waals surface area contributed by atoms with Crippen molar-refractivity contribution in [2.45, 2.75) is 0 Å². The first-order valence-electron chi connectivity index (χ1n) is 6.26. The van der Waals surface area contributed by atoms with Gasteiger partial charge in [-0.3, -0.25) is 19.6 Å². The van der Waals surface area contributed by atoms with E-state index in [2.05, 4.69) is 15.2 Å². The van der Waals surface area contributed by atoms with Gasteiger partial charge in [0.2, 0.25) is 5.91 Å². The molecule has 0 saturated carbocycles. The Hall–Kier alpha value is -3.43. The molecule has 23 heavy (non-hydrogen) atoms. The number of anilines is 1. The number of amides is 1. The molecule has 2 rings (SSSR count). The molecule has 2 heterocycles. The summed E-state index contributed by atoms with van der Waals surface area (Å²) in [6.45, 7) is 0. The largest absolute Gasteiger partial charge is 0.464 e. The van der Waals surface area contributed by atoms with E-state index in [1.165, 1.54) is 43.2 Å². The number of carbonyl (C=O) groups is 2. The minimum Gasteiger partial charge on any atom is -0.464 e. The predicted octanol–water partition coefficient (Wildman–Crippen LogP) is 1.36. The highest BCUT2D eigenvalue weighted by Crippen LogP contribution is 2.17. The van der Waals surface area contributed by atoms with E-state index < -0.39 is 22.7 Å². The molecule has 0 saturated heterocycles. The lowest BCUT2D eigenvalue weighted by Gasteiger charge is -2.04. The SMILES string of the molecule is COC(=O)c1c(NC(=O)/C=C/c2ccc([N+](=O)[O-])o2)cnn1C. The first kappa shape index (κ1) is 15.9. The summed E-state index contributed by atoms with van der Waals surface area (Å²) >= 11 is 0. The zero-order valence-electron chi connectivity index (χ0n) is 12.2. The molecular formula is C13H12N4O6. The number of aryl methyl sites for hydroxylation is 1. The number of nitro groups is 1. The van der Waals surface area contributed by atoms with Gasteiger partial charge in [0.05, 0.1) is 25.1 Å². The molecule has 0 aromatic carbocycles. The number of rotatable bonds is 5. The fraction of sp³-hybridized carbons (Fsp3) is 0.154. The van der Waals surface area contributed by atoms with E-state index in [9.17, 15) is 19.7 Å². The van der Waals surface area contributed by atoms with Crippen LogP contribution < -0.4 is 5.32 Å². The van der Waals surface area contributed by atoms with E-state index in [4.69, 9.17) is 4.42 Å². The zero-order valence-corrected chi connectivity index (χ0v) is 12.2. The van der Waals surface area contributed by atoms with Gasteiger partial charge in [-0.2, -0.15) is 5.10 Å². The summed E-state index contributed by atoms with van der Waals surface area (Å²) in [6, 6.07) is 2.53. The maximum Gasteiger partial charge on any atom is 0.433 e. The lowest BCUT2D eigenvalue weighted by molar-refractivity contribution is -0.402. The Balaban J connectivity index is 2.09. The van der Waals surface area contributed by atoms with Crippen molar-refractivity contribution in [2.24, 2.45) is 7.05 Å². The lowest BCUT2D eigenvalue weighted by atomic mass is 10.3. The number of hydrogen-bond donors (Lipinski definition) is 1. The van der Waals surface area contributed by atoms with Crippen LogP contribution in [0.1, 0.15) is 16.2 Å². The van der Waals surface area contributed by atoms with Crippen molar-refractivity contribution in [2.75, 3.05) is 12.4 Å². The minimum atomic E-state index is -0.685. The molecule has 0 fully saturated rings. The van der Waals surface area contributed by atoms with E-state index in [1.807, 2.05) is 0 Å². The summed E-state index contributed by atoms with van der Waals surface area (Å²) in [4.78, 5) is 33.2. The first-order chi connectivity index (χ1) is 10.9. The predicted molar refractivity (Wildman–Crippen MR) is 77.6 cm³/mol. The van der Waals surface area contributed by atoms with Gasteiger partial charge in [0.1, 0.15) is 10.7 Å². The summed E-state index contributed by atoms with van der Waals surface area (Å²) in [5, 5.41) is 16.8. The molecule has 120 valence electrons. The van der Waals surface area contributed by atoms with Crippen molar-refractivity contribution in [1.29, 1.82) is 0 Å². The van der Waals surface area contributed by atoms with Crippen LogP contribution in [0.2, 0.25) is 0 Å². The number of aromatic nitrogens is 2. The third-order valence-corrected chi connectivity index (χ3v) is 2.77. The second kappa shape index (κ2) is 6.56. The Morgan fingerprint density at radius 2 is 2.22 bits per heavy atom. The van der Waals surface area contributed by atoms with Gasteiger partial charge in [0.25, 0.3) is 0 Å². The molecule has 10 nitrogen and oxygen atoms in total. The van der Waals surface area contributed by atoms with Crippen LogP contribution in [0.3, 0.4) is 0 Å². The number of esters is 1. The van der Waals surface area contributed by atoms with Crippen LogP contribution in [0.5, 0.6) is 0 Å². The number of furan rings is 1. The maximum absolute atomic E-state index is 11.8. The van der Waals surface area contributed by atoms with Crippen LogP contribution >= 0.6 is 0 Å². The van der Waals surface area contributed by atoms with E-state index in [0.717, 1.165) is 6.08 Å². The van der Waals surface area contributed by atoms with Gasteiger partial charge < -0.3 is 14.5 Å². The second-order valence-electron chi connectivity index (χ2n) is 4.28. The molecule has 2 aromatic heterocycles. The van der Waals surface area contributed by atoms with E-state index in [-0.39, 0.29) is 17.1 Å². The van der Waals surface area contributed by atoms with E-state index in [1.54, 1.807) is 0 Å². The van der Waals surface area contributed by atoms with Gasteiger partial charge >= 0.3 is 11.9 Å². The normalized spacial score (nSPS) is 10.7. The van der Waals surface area contributed by atoms with Crippen LogP contribution in [-0.4, -0.2) is 33.7 Å². The number of methoxy groups -OCH3 is 1. The smallest absolute Gasteiger partial charge is 0.433 e. The summed E-state index contributed by atoms with van der Waals surface area (Å²) in [7, 11) is 2.74. The van der Waals surface area contributed by atoms with E-state index in [0.29, 0.717) is 0 Å². The number of ether oxygens (including phenoxy) is 1. The molecule has 10 heteroatoms. The Morgan fingerprint density at radius 1 is 1.48 bits per heavy atom. The van der Waals surface area contributed by atoms with Crippen molar-refractivity contribution in [3.05, 3.63) is 46.0 Å². The fourth-order valence-corrected chi connectivity index (χ4v) is 1.73. The number of nitrogens with one attached hydrogen (secondary N) is 1. The molecule has 0 aliphatic heterocycles. The molecule has 1 amide bonds. The van der Waals surface area contributed by atoms with Crippen molar-refractivity contribution >= 4 is 29.5 Å². The third kappa shape index (κ3) is 3.61. The average molecular weight is 320 g/mol. The van der Waals surface area contributed by atoms with Crippen molar-refractivity contribution < 1.29 is 23.7 Å². The molecular weight excluding hydrogens is 308 g/mol. The molecule has 1 N–H and O–H groups in total. The van der Waals surface area contributed by atoms with Crippen LogP contribution in [0.25, 0.3) is 6.08 Å². The van der Waals surface area contributed by atoms with Crippen LogP contribution in [-0.2, 0) is 16.6 Å². The lowest BCUT2D eigenvalue weighted by Crippen LogP contribution is -2.14. The van der Waals surface area contributed by atoms with Gasteiger partial charge in [-0.25, -0.2) is 4.79 Å². The average Bonchev–Trinajstić information content (AvgIpc) is 3.12. The van der Waals surface area contributed by atoms with Crippen LogP contribution in [0.15, 0.2) is 28.8 Å². The Labute approximate surface area is 129 Å². The van der Waals surface area contributed by atoms with Gasteiger partial charge in [-0.05, 0) is 12.1 Å². The third-order valence-electron chi connectivity index (χ3n) is 2.77. The topological polar surface area (TPSA) is 130 Å². The van der Waals surface area contributed by atoms with Crippen molar-refractivity contribution in [3.63, 3.8) is 0 Å². The Bertz CT molecular complexity index is 788. The zero-order chi connectivity index (χ0) is 17.0. The number of hydrogen-bond acceptors (Lipinski definition) is 7. The van der Waals surface area contributed by atoms with E-state index >= 15 is 0 Å². The summed E-state index contributed by atoms with van der Waals surface area (Å²) in [6.07, 6.45) is 3.67. The van der Waals surface area contributed by atoms with Gasteiger partial charge in [-0.1, -0.05) is 0 Å². The van der Waals surface area contributed by atoms with Crippen LogP contribution in [0.4, 0.5) is 11.6 Å². The Kier molecular flexibility index (Phi) is 4.55. The van der Waals surface area contributed by atoms with Gasteiger partial charge in [0, 0.05) is 13.1 Å². The van der Waals surface area contributed by atoms with Gasteiger partial charge in [0.15, 0.2) is 5.69 Å². The van der Waals surface area contributed by atoms with Crippen LogP contribution in [0, 0.1) is 10.1 Å². The minimum absolute atomic E-state index is 0.0860. The molecule has 0 unspecified atom stereocenters. The first-order valence-corrected chi connectivity index (χ1v) is 6.26. The summed E-state index contributed by atoms with van der Waals surface area (Å²) in [5.74, 6) is -1.50. The monoisotopic (exact) mass is 320 g/mol. The van der Waals surface area contributed by atoms with Crippen molar-refractivity contribution in [3.8, 4) is 0 Å². The highest BCUT2D eigenvalue weighted by Gasteiger charge is 2.18. The fourth-order valence-electron chi connectivity index (χ4n) is 1.73. The van der Waals surface area contributed by atoms with Gasteiger partial charge in [-0.15, -0.1) is 0 Å². The number of nitrogens with zero attached hydrogens (tertiary/aromatic N) is 3. The molecule has 0 atom stereocenters. The molecule has 0 radical (unpaired) electrons. The molecule has 0 bridgehead atoms. The number of carbonyl (C=O) groups excluding carboxylic acids is 2. The maximum atomic E-state index is 11.8. The highest BCUT2D eigenvalue weighted by atomic mass is 16.6. The summed E-state index contributed by atoms with van der Waals surface area (Å²) in [5.41, 5.74) is 0.266. The molecule has 0 aliphatic rings. The quantitative estimate of drug-likeness (QED) is 0.381. The highest BCUT2D eigenvalue weighted by molar-refractivity contribution is 6.05. The molecule has 0 aliphatic carbocycles. The van der Waals surface area contributed by atoms with Crippen molar-refractivity contribution in [1.82, 2.24) is 9.78 Å². The summed E-state index contributed by atoms with van der Waals surface area (Å²) < 4.78 is 10.7. The second-order valence-corrected chi connectivity index (χ2v) is 4.28.